The highest BCUT2D eigenvalue weighted by molar-refractivity contribution is 5.48. The monoisotopic (exact) mass is 242 g/mol. The maximum atomic E-state index is 5.88. The van der Waals surface area contributed by atoms with Gasteiger partial charge in [-0.15, -0.1) is 0 Å². The molecule has 1 atom stereocenters. The van der Waals surface area contributed by atoms with Crippen LogP contribution < -0.4 is 5.73 Å². The topological polar surface area (TPSA) is 29.3 Å². The van der Waals surface area contributed by atoms with E-state index in [1.54, 1.807) is 5.56 Å². The number of likely N-dealkylation sites (tertiary alicyclic amines) is 1. The van der Waals surface area contributed by atoms with Crippen molar-refractivity contribution in [3.8, 4) is 0 Å². The van der Waals surface area contributed by atoms with Gasteiger partial charge in [0.15, 0.2) is 0 Å². The lowest BCUT2D eigenvalue weighted by Gasteiger charge is -2.51. The first-order chi connectivity index (χ1) is 8.76. The molecule has 1 saturated carbocycles. The van der Waals surface area contributed by atoms with Crippen molar-refractivity contribution in [2.75, 3.05) is 18.8 Å². The lowest BCUT2D eigenvalue weighted by Crippen LogP contribution is -2.55. The van der Waals surface area contributed by atoms with Crippen molar-refractivity contribution in [3.63, 3.8) is 0 Å². The van der Waals surface area contributed by atoms with Gasteiger partial charge < -0.3 is 5.73 Å². The van der Waals surface area contributed by atoms with Gasteiger partial charge in [-0.3, -0.25) is 4.90 Å². The molecular weight excluding hydrogens is 220 g/mol. The minimum absolute atomic E-state index is 0.687. The lowest BCUT2D eigenvalue weighted by atomic mass is 9.77. The van der Waals surface area contributed by atoms with Crippen molar-refractivity contribution in [2.24, 2.45) is 5.41 Å². The molecule has 1 unspecified atom stereocenters. The van der Waals surface area contributed by atoms with Crippen molar-refractivity contribution >= 4 is 5.69 Å². The number of hydrogen-bond acceptors (Lipinski definition) is 2. The predicted molar refractivity (Wildman–Crippen MR) is 74.4 cm³/mol. The maximum Gasteiger partial charge on any atom is 0.0354 e. The van der Waals surface area contributed by atoms with Gasteiger partial charge in [0, 0.05) is 24.8 Å². The van der Waals surface area contributed by atoms with Gasteiger partial charge in [-0.2, -0.15) is 0 Å². The molecule has 0 aromatic heterocycles. The van der Waals surface area contributed by atoms with E-state index in [9.17, 15) is 0 Å². The standard InChI is InChI=1S/C16H22N2/c17-13-4-5-14-12(9-13)3-6-15(14)18-10-16(11-18)7-1-2-8-16/h4-5,9,15H,1-3,6-8,10-11,17H2. The Labute approximate surface area is 109 Å². The van der Waals surface area contributed by atoms with Gasteiger partial charge in [-0.25, -0.2) is 0 Å². The van der Waals surface area contributed by atoms with Crippen molar-refractivity contribution in [3.05, 3.63) is 29.3 Å². The molecule has 4 rings (SSSR count). The zero-order chi connectivity index (χ0) is 12.2. The molecule has 1 aromatic rings. The number of benzene rings is 1. The summed E-state index contributed by atoms with van der Waals surface area (Å²) in [6.07, 6.45) is 8.40. The zero-order valence-corrected chi connectivity index (χ0v) is 11.0. The summed E-state index contributed by atoms with van der Waals surface area (Å²) in [6, 6.07) is 7.21. The summed E-state index contributed by atoms with van der Waals surface area (Å²) in [6.45, 7) is 2.70. The lowest BCUT2D eigenvalue weighted by molar-refractivity contribution is -0.0274. The van der Waals surface area contributed by atoms with Crippen LogP contribution in [-0.4, -0.2) is 18.0 Å². The van der Waals surface area contributed by atoms with Gasteiger partial charge in [-0.05, 0) is 54.4 Å². The number of anilines is 1. The second kappa shape index (κ2) is 3.74. The molecule has 18 heavy (non-hydrogen) atoms. The number of hydrogen-bond donors (Lipinski definition) is 1. The predicted octanol–water partition coefficient (Wildman–Crippen LogP) is 3.13. The van der Waals surface area contributed by atoms with Crippen molar-refractivity contribution in [1.29, 1.82) is 0 Å². The fourth-order valence-corrected chi connectivity index (χ4v) is 4.47. The molecule has 1 heterocycles. The molecule has 2 aliphatic carbocycles. The highest BCUT2D eigenvalue weighted by Gasteiger charge is 2.47. The molecule has 2 fully saturated rings. The Morgan fingerprint density at radius 2 is 1.94 bits per heavy atom. The van der Waals surface area contributed by atoms with Crippen LogP contribution in [0.25, 0.3) is 0 Å². The third-order valence-electron chi connectivity index (χ3n) is 5.40. The average Bonchev–Trinajstić information content (AvgIpc) is 2.91. The van der Waals surface area contributed by atoms with E-state index in [-0.39, 0.29) is 0 Å². The largest absolute Gasteiger partial charge is 0.399 e. The van der Waals surface area contributed by atoms with Gasteiger partial charge in [0.05, 0.1) is 0 Å². The Hall–Kier alpha value is -1.02. The average molecular weight is 242 g/mol. The smallest absolute Gasteiger partial charge is 0.0354 e. The minimum Gasteiger partial charge on any atom is -0.399 e. The second-order valence-corrected chi connectivity index (χ2v) is 6.62. The van der Waals surface area contributed by atoms with E-state index in [0.717, 1.165) is 11.1 Å². The fourth-order valence-electron chi connectivity index (χ4n) is 4.47. The Kier molecular flexibility index (Phi) is 2.25. The van der Waals surface area contributed by atoms with Crippen LogP contribution in [0.1, 0.15) is 49.3 Å². The summed E-state index contributed by atoms with van der Waals surface area (Å²) in [5, 5.41) is 0. The first-order valence-electron chi connectivity index (χ1n) is 7.38. The Balaban J connectivity index is 1.52. The molecule has 1 saturated heterocycles. The van der Waals surface area contributed by atoms with Crippen LogP contribution in [0.2, 0.25) is 0 Å². The van der Waals surface area contributed by atoms with Crippen LogP contribution >= 0.6 is 0 Å². The van der Waals surface area contributed by atoms with Crippen LogP contribution in [0.4, 0.5) is 5.69 Å². The molecule has 1 spiro atoms. The first-order valence-corrected chi connectivity index (χ1v) is 7.38. The molecule has 2 nitrogen and oxygen atoms in total. The highest BCUT2D eigenvalue weighted by atomic mass is 15.2. The third kappa shape index (κ3) is 1.51. The highest BCUT2D eigenvalue weighted by Crippen LogP contribution is 2.50. The van der Waals surface area contributed by atoms with Crippen molar-refractivity contribution < 1.29 is 0 Å². The van der Waals surface area contributed by atoms with Gasteiger partial charge >= 0.3 is 0 Å². The molecule has 1 aliphatic heterocycles. The van der Waals surface area contributed by atoms with E-state index < -0.39 is 0 Å². The van der Waals surface area contributed by atoms with Gasteiger partial charge in [0.25, 0.3) is 0 Å². The Morgan fingerprint density at radius 3 is 2.72 bits per heavy atom. The van der Waals surface area contributed by atoms with E-state index >= 15 is 0 Å². The van der Waals surface area contributed by atoms with Crippen LogP contribution in [0, 0.1) is 5.41 Å². The van der Waals surface area contributed by atoms with Gasteiger partial charge in [-0.1, -0.05) is 18.9 Å². The Bertz CT molecular complexity index is 466. The van der Waals surface area contributed by atoms with Crippen molar-refractivity contribution in [1.82, 2.24) is 4.90 Å². The SMILES string of the molecule is Nc1ccc2c(c1)CCC2N1CC2(CCCC2)C1. The first kappa shape index (κ1) is 10.9. The van der Waals surface area contributed by atoms with Crippen LogP contribution in [0.5, 0.6) is 0 Å². The number of nitrogens with zero attached hydrogens (tertiary/aromatic N) is 1. The number of nitrogen functional groups attached to an aromatic ring is 1. The minimum atomic E-state index is 0.687. The van der Waals surface area contributed by atoms with Crippen LogP contribution in [0.3, 0.4) is 0 Å². The molecular formula is C16H22N2. The molecule has 96 valence electrons. The van der Waals surface area contributed by atoms with Gasteiger partial charge in [0.2, 0.25) is 0 Å². The number of fused-ring (bicyclic) bond motifs is 1. The second-order valence-electron chi connectivity index (χ2n) is 6.62. The molecule has 1 aromatic carbocycles. The summed E-state index contributed by atoms with van der Waals surface area (Å²) in [4.78, 5) is 2.72. The van der Waals surface area contributed by atoms with Crippen LogP contribution in [-0.2, 0) is 6.42 Å². The molecule has 0 radical (unpaired) electrons. The summed E-state index contributed by atoms with van der Waals surface area (Å²) in [7, 11) is 0. The quantitative estimate of drug-likeness (QED) is 0.767. The van der Waals surface area contributed by atoms with Crippen molar-refractivity contribution in [2.45, 2.75) is 44.6 Å². The van der Waals surface area contributed by atoms with E-state index in [2.05, 4.69) is 23.1 Å². The number of rotatable bonds is 1. The fraction of sp³-hybridized carbons (Fsp3) is 0.625. The number of aryl methyl sites for hydroxylation is 1. The van der Waals surface area contributed by atoms with Crippen LogP contribution in [0.15, 0.2) is 18.2 Å². The summed E-state index contributed by atoms with van der Waals surface area (Å²) < 4.78 is 0. The molecule has 3 aliphatic rings. The van der Waals surface area contributed by atoms with E-state index in [1.807, 2.05) is 0 Å². The third-order valence-corrected chi connectivity index (χ3v) is 5.40. The van der Waals surface area contributed by atoms with E-state index in [1.165, 1.54) is 57.2 Å². The van der Waals surface area contributed by atoms with E-state index in [0.29, 0.717) is 6.04 Å². The molecule has 0 bridgehead atoms. The normalized spacial score (nSPS) is 29.4. The molecule has 0 amide bonds. The summed E-state index contributed by atoms with van der Waals surface area (Å²) >= 11 is 0. The number of nitrogens with two attached hydrogens (primary N) is 1. The summed E-state index contributed by atoms with van der Waals surface area (Å²) in [5.74, 6) is 0. The summed E-state index contributed by atoms with van der Waals surface area (Å²) in [5.41, 5.74) is 10.6. The maximum absolute atomic E-state index is 5.88. The van der Waals surface area contributed by atoms with E-state index in [4.69, 9.17) is 5.73 Å². The Morgan fingerprint density at radius 1 is 1.17 bits per heavy atom. The van der Waals surface area contributed by atoms with Gasteiger partial charge in [0.1, 0.15) is 0 Å². The molecule has 2 N–H and O–H groups in total. The molecule has 2 heteroatoms. The zero-order valence-electron chi connectivity index (χ0n) is 11.0.